The van der Waals surface area contributed by atoms with Crippen LogP contribution in [0.1, 0.15) is 26.7 Å². The van der Waals surface area contributed by atoms with Crippen LogP contribution in [0.5, 0.6) is 0 Å². The third-order valence-electron chi connectivity index (χ3n) is 2.60. The van der Waals surface area contributed by atoms with Gasteiger partial charge in [0.1, 0.15) is 0 Å². The first-order valence-electron chi connectivity index (χ1n) is 4.38. The average Bonchev–Trinajstić information content (AvgIpc) is 1.88. The van der Waals surface area contributed by atoms with Crippen molar-refractivity contribution in [2.75, 3.05) is 13.1 Å². The van der Waals surface area contributed by atoms with E-state index in [-0.39, 0.29) is 0 Å². The SMILES string of the molecule is BN1CCCC(C(C)C)C1. The summed E-state index contributed by atoms with van der Waals surface area (Å²) in [5.74, 6) is 1.83. The Bertz CT molecular complexity index is 103. The van der Waals surface area contributed by atoms with Crippen molar-refractivity contribution in [3.05, 3.63) is 0 Å². The van der Waals surface area contributed by atoms with Crippen LogP contribution < -0.4 is 0 Å². The third kappa shape index (κ3) is 2.01. The molecule has 0 aromatic carbocycles. The maximum atomic E-state index is 2.45. The largest absolute Gasteiger partial charge is 0.348 e. The highest BCUT2D eigenvalue weighted by Crippen LogP contribution is 2.21. The summed E-state index contributed by atoms with van der Waals surface area (Å²) in [6.07, 6.45) is 2.85. The minimum atomic E-state index is 0.878. The van der Waals surface area contributed by atoms with Gasteiger partial charge in [-0.2, -0.15) is 0 Å². The minimum Gasteiger partial charge on any atom is -0.348 e. The number of rotatable bonds is 1. The third-order valence-corrected chi connectivity index (χ3v) is 2.60. The van der Waals surface area contributed by atoms with Crippen molar-refractivity contribution in [3.63, 3.8) is 0 Å². The molecule has 1 saturated heterocycles. The fraction of sp³-hybridized carbons (Fsp3) is 1.00. The molecule has 0 aliphatic carbocycles. The molecule has 0 aromatic heterocycles. The number of piperidine rings is 1. The lowest BCUT2D eigenvalue weighted by atomic mass is 9.87. The number of hydrogen-bond acceptors (Lipinski definition) is 1. The molecule has 1 unspecified atom stereocenters. The Morgan fingerprint density at radius 1 is 1.50 bits per heavy atom. The second-order valence-electron chi connectivity index (χ2n) is 3.91. The minimum absolute atomic E-state index is 0.878. The van der Waals surface area contributed by atoms with Crippen molar-refractivity contribution in [2.45, 2.75) is 26.7 Å². The van der Waals surface area contributed by atoms with E-state index in [0.717, 1.165) is 11.8 Å². The molecule has 0 amide bonds. The molecule has 10 heavy (non-hydrogen) atoms. The Morgan fingerprint density at radius 2 is 2.20 bits per heavy atom. The summed E-state index contributed by atoms with van der Waals surface area (Å²) in [7, 11) is 2.23. The van der Waals surface area contributed by atoms with Crippen LogP contribution in [0.3, 0.4) is 0 Å². The molecule has 1 atom stereocenters. The van der Waals surface area contributed by atoms with Gasteiger partial charge in [-0.25, -0.2) is 0 Å². The van der Waals surface area contributed by atoms with E-state index in [9.17, 15) is 0 Å². The molecule has 1 nitrogen and oxygen atoms in total. The highest BCUT2D eigenvalue weighted by molar-refractivity contribution is 6.04. The van der Waals surface area contributed by atoms with E-state index in [2.05, 4.69) is 26.6 Å². The molecule has 58 valence electrons. The van der Waals surface area contributed by atoms with Crippen LogP contribution in [0.4, 0.5) is 0 Å². The van der Waals surface area contributed by atoms with Gasteiger partial charge in [-0.3, -0.25) is 0 Å². The van der Waals surface area contributed by atoms with Crippen LogP contribution in [0.25, 0.3) is 0 Å². The average molecular weight is 139 g/mol. The van der Waals surface area contributed by atoms with E-state index in [1.54, 1.807) is 0 Å². The van der Waals surface area contributed by atoms with Gasteiger partial charge in [-0.05, 0) is 37.8 Å². The summed E-state index contributed by atoms with van der Waals surface area (Å²) >= 11 is 0. The zero-order valence-electron chi connectivity index (χ0n) is 7.43. The van der Waals surface area contributed by atoms with Crippen molar-refractivity contribution < 1.29 is 0 Å². The van der Waals surface area contributed by atoms with E-state index in [1.807, 2.05) is 0 Å². The summed E-state index contributed by atoms with van der Waals surface area (Å²) in [6, 6.07) is 0. The fourth-order valence-electron chi connectivity index (χ4n) is 1.75. The summed E-state index contributed by atoms with van der Waals surface area (Å²) in [4.78, 5) is 2.45. The van der Waals surface area contributed by atoms with Crippen LogP contribution in [0.2, 0.25) is 0 Å². The molecule has 2 heteroatoms. The van der Waals surface area contributed by atoms with Gasteiger partial charge in [0.05, 0.1) is 0 Å². The molecular formula is C8H18BN. The van der Waals surface area contributed by atoms with Gasteiger partial charge in [0.2, 0.25) is 0 Å². The van der Waals surface area contributed by atoms with Crippen molar-refractivity contribution in [1.82, 2.24) is 4.81 Å². The van der Waals surface area contributed by atoms with Gasteiger partial charge in [-0.1, -0.05) is 13.8 Å². The van der Waals surface area contributed by atoms with Crippen LogP contribution in [-0.2, 0) is 0 Å². The molecular weight excluding hydrogens is 121 g/mol. The van der Waals surface area contributed by atoms with Gasteiger partial charge in [-0.15, -0.1) is 0 Å². The lowest BCUT2D eigenvalue weighted by Gasteiger charge is -2.32. The molecule has 1 heterocycles. The zero-order chi connectivity index (χ0) is 7.56. The van der Waals surface area contributed by atoms with E-state index >= 15 is 0 Å². The monoisotopic (exact) mass is 139 g/mol. The Kier molecular flexibility index (Phi) is 2.78. The van der Waals surface area contributed by atoms with E-state index in [4.69, 9.17) is 0 Å². The second-order valence-corrected chi connectivity index (χ2v) is 3.91. The summed E-state index contributed by atoms with van der Waals surface area (Å²) < 4.78 is 0. The first kappa shape index (κ1) is 8.12. The highest BCUT2D eigenvalue weighted by atomic mass is 15.0. The maximum Gasteiger partial charge on any atom is 0.185 e. The van der Waals surface area contributed by atoms with E-state index in [1.165, 1.54) is 25.9 Å². The van der Waals surface area contributed by atoms with Gasteiger partial charge in [0.15, 0.2) is 7.98 Å². The first-order chi connectivity index (χ1) is 4.70. The zero-order valence-corrected chi connectivity index (χ0v) is 7.43. The smallest absolute Gasteiger partial charge is 0.185 e. The number of nitrogens with zero attached hydrogens (tertiary/aromatic N) is 1. The fourth-order valence-corrected chi connectivity index (χ4v) is 1.75. The van der Waals surface area contributed by atoms with Crippen molar-refractivity contribution >= 4 is 7.98 Å². The summed E-state index contributed by atoms with van der Waals surface area (Å²) in [5.41, 5.74) is 0. The molecule has 0 radical (unpaired) electrons. The Balaban J connectivity index is 2.32. The predicted molar refractivity (Wildman–Crippen MR) is 47.7 cm³/mol. The van der Waals surface area contributed by atoms with Crippen molar-refractivity contribution in [1.29, 1.82) is 0 Å². The van der Waals surface area contributed by atoms with Gasteiger partial charge >= 0.3 is 0 Å². The summed E-state index contributed by atoms with van der Waals surface area (Å²) in [6.45, 7) is 7.30. The molecule has 1 aliphatic heterocycles. The lowest BCUT2D eigenvalue weighted by molar-refractivity contribution is 0.224. The second kappa shape index (κ2) is 3.43. The molecule has 1 aliphatic rings. The highest BCUT2D eigenvalue weighted by Gasteiger charge is 2.18. The quantitative estimate of drug-likeness (QED) is 0.488. The topological polar surface area (TPSA) is 3.24 Å². The van der Waals surface area contributed by atoms with Crippen molar-refractivity contribution in [2.24, 2.45) is 11.8 Å². The maximum absolute atomic E-state index is 2.45. The summed E-state index contributed by atoms with van der Waals surface area (Å²) in [5, 5.41) is 0. The van der Waals surface area contributed by atoms with Crippen LogP contribution in [-0.4, -0.2) is 25.9 Å². The van der Waals surface area contributed by atoms with Crippen LogP contribution >= 0.6 is 0 Å². The molecule has 1 rings (SSSR count). The molecule has 1 fully saturated rings. The van der Waals surface area contributed by atoms with Gasteiger partial charge in [0.25, 0.3) is 0 Å². The lowest BCUT2D eigenvalue weighted by Crippen LogP contribution is -2.35. The number of hydrogen-bond donors (Lipinski definition) is 0. The van der Waals surface area contributed by atoms with Crippen molar-refractivity contribution in [3.8, 4) is 0 Å². The van der Waals surface area contributed by atoms with Crippen LogP contribution in [0, 0.1) is 11.8 Å². The van der Waals surface area contributed by atoms with E-state index < -0.39 is 0 Å². The Labute approximate surface area is 65.2 Å². The molecule has 0 bridgehead atoms. The normalized spacial score (nSPS) is 29.3. The first-order valence-corrected chi connectivity index (χ1v) is 4.38. The van der Waals surface area contributed by atoms with Gasteiger partial charge < -0.3 is 4.81 Å². The molecule has 0 saturated carbocycles. The van der Waals surface area contributed by atoms with Crippen LogP contribution in [0.15, 0.2) is 0 Å². The van der Waals surface area contributed by atoms with E-state index in [0.29, 0.717) is 0 Å². The Morgan fingerprint density at radius 3 is 2.60 bits per heavy atom. The predicted octanol–water partition coefficient (Wildman–Crippen LogP) is 0.902. The molecule has 0 aromatic rings. The Hall–Kier alpha value is 0.0249. The van der Waals surface area contributed by atoms with Gasteiger partial charge in [0, 0.05) is 0 Å². The molecule has 0 N–H and O–H groups in total. The standard InChI is InChI=1S/C8H18BN/c1-7(2)8-4-3-5-10(9)6-8/h7-8H,3-6,9H2,1-2H3. The molecule has 0 spiro atoms.